The average Bonchev–Trinajstić information content (AvgIpc) is 2.72. The van der Waals surface area contributed by atoms with Crippen LogP contribution in [0.15, 0.2) is 60.8 Å². The number of rotatable bonds is 5. The summed E-state index contributed by atoms with van der Waals surface area (Å²) in [6.45, 7) is 0. The molecule has 0 fully saturated rings. The maximum Gasteiger partial charge on any atom is 0.416 e. The molecule has 1 N–H and O–H groups in total. The molecule has 0 aliphatic carbocycles. The number of aromatic nitrogens is 1. The summed E-state index contributed by atoms with van der Waals surface area (Å²) in [6, 6.07) is 10.8. The fourth-order valence-corrected chi connectivity index (χ4v) is 2.70. The third kappa shape index (κ3) is 4.59. The molecule has 6 nitrogen and oxygen atoms in total. The molecule has 1 radical (unpaired) electrons. The second kappa shape index (κ2) is 8.27. The Morgan fingerprint density at radius 3 is 2.47 bits per heavy atom. The summed E-state index contributed by atoms with van der Waals surface area (Å²) < 4.78 is 52.9. The lowest BCUT2D eigenvalue weighted by atomic mass is 10.00. The van der Waals surface area contributed by atoms with Gasteiger partial charge in [-0.05, 0) is 42.0 Å². The quantitative estimate of drug-likeness (QED) is 0.377. The van der Waals surface area contributed by atoms with Gasteiger partial charge in [0.1, 0.15) is 11.5 Å². The van der Waals surface area contributed by atoms with Crippen molar-refractivity contribution in [2.45, 2.75) is 12.2 Å². The molecule has 0 saturated heterocycles. The molecule has 2 aromatic carbocycles. The van der Waals surface area contributed by atoms with Crippen LogP contribution in [0.4, 0.5) is 23.2 Å². The van der Waals surface area contributed by atoms with E-state index in [9.17, 15) is 32.5 Å². The molecule has 0 saturated carbocycles. The maximum atomic E-state index is 14.3. The van der Waals surface area contributed by atoms with Gasteiger partial charge in [-0.15, -0.1) is 0 Å². The van der Waals surface area contributed by atoms with Crippen LogP contribution in [0.1, 0.15) is 33.2 Å². The van der Waals surface area contributed by atoms with Gasteiger partial charge in [0.25, 0.3) is 11.6 Å². The van der Waals surface area contributed by atoms with Gasteiger partial charge < -0.3 is 5.32 Å². The van der Waals surface area contributed by atoms with Gasteiger partial charge in [-0.2, -0.15) is 13.2 Å². The molecule has 0 spiro atoms. The summed E-state index contributed by atoms with van der Waals surface area (Å²) in [5, 5.41) is 13.4. The zero-order chi connectivity index (χ0) is 21.9. The molecule has 1 atom stereocenters. The number of halogens is 4. The van der Waals surface area contributed by atoms with Crippen LogP contribution in [0, 0.1) is 22.0 Å². The summed E-state index contributed by atoms with van der Waals surface area (Å²) in [5.74, 6) is -1.59. The van der Waals surface area contributed by atoms with Gasteiger partial charge in [0.05, 0.1) is 22.6 Å². The average molecular weight is 418 g/mol. The first-order chi connectivity index (χ1) is 14.2. The number of hydrogen-bond donors (Lipinski definition) is 1. The molecule has 30 heavy (non-hydrogen) atoms. The second-order valence-electron chi connectivity index (χ2n) is 6.12. The van der Waals surface area contributed by atoms with E-state index in [1.54, 1.807) is 0 Å². The van der Waals surface area contributed by atoms with E-state index in [4.69, 9.17) is 0 Å². The van der Waals surface area contributed by atoms with Gasteiger partial charge in [-0.25, -0.2) is 4.39 Å². The fourth-order valence-electron chi connectivity index (χ4n) is 2.70. The number of nitro benzene ring substituents is 1. The highest BCUT2D eigenvalue weighted by atomic mass is 19.4. The first-order valence-electron chi connectivity index (χ1n) is 8.41. The van der Waals surface area contributed by atoms with Gasteiger partial charge in [0.2, 0.25) is 0 Å². The normalized spacial score (nSPS) is 12.3. The minimum absolute atomic E-state index is 0.103. The number of nitro groups is 1. The number of pyridine rings is 1. The highest BCUT2D eigenvalue weighted by Gasteiger charge is 2.31. The minimum atomic E-state index is -4.56. The molecule has 1 heterocycles. The number of non-ortho nitro benzene ring substituents is 1. The van der Waals surface area contributed by atoms with Crippen molar-refractivity contribution < 1.29 is 27.3 Å². The summed E-state index contributed by atoms with van der Waals surface area (Å²) in [6.07, 6.45) is -3.29. The predicted molar refractivity (Wildman–Crippen MR) is 96.9 cm³/mol. The van der Waals surface area contributed by atoms with Crippen molar-refractivity contribution in [1.29, 1.82) is 0 Å². The Morgan fingerprint density at radius 1 is 1.17 bits per heavy atom. The van der Waals surface area contributed by atoms with Crippen molar-refractivity contribution in [2.75, 3.05) is 0 Å². The van der Waals surface area contributed by atoms with Gasteiger partial charge in [-0.3, -0.25) is 19.9 Å². The molecule has 0 aliphatic heterocycles. The summed E-state index contributed by atoms with van der Waals surface area (Å²) in [4.78, 5) is 26.7. The number of carbonyl (C=O) groups excluding carboxylic acids is 1. The van der Waals surface area contributed by atoms with Crippen LogP contribution in [0.3, 0.4) is 0 Å². The second-order valence-corrected chi connectivity index (χ2v) is 6.12. The molecule has 10 heteroatoms. The lowest BCUT2D eigenvalue weighted by Crippen LogP contribution is -2.30. The number of amides is 1. The molecule has 0 bridgehead atoms. The van der Waals surface area contributed by atoms with Crippen LogP contribution in [0.2, 0.25) is 0 Å². The van der Waals surface area contributed by atoms with Crippen molar-refractivity contribution in [1.82, 2.24) is 10.3 Å². The predicted octanol–water partition coefficient (Wildman–Crippen LogP) is 4.47. The molecule has 3 rings (SSSR count). The molecular weight excluding hydrogens is 406 g/mol. The highest BCUT2D eigenvalue weighted by molar-refractivity contribution is 5.95. The molecule has 0 unspecified atom stereocenters. The van der Waals surface area contributed by atoms with Crippen LogP contribution >= 0.6 is 0 Å². The number of nitrogens with one attached hydrogen (secondary N) is 1. The van der Waals surface area contributed by atoms with E-state index in [-0.39, 0.29) is 16.8 Å². The smallest absolute Gasteiger partial charge is 0.339 e. The van der Waals surface area contributed by atoms with Crippen molar-refractivity contribution >= 4 is 11.6 Å². The monoisotopic (exact) mass is 418 g/mol. The summed E-state index contributed by atoms with van der Waals surface area (Å²) >= 11 is 0. The lowest BCUT2D eigenvalue weighted by Gasteiger charge is -2.20. The lowest BCUT2D eigenvalue weighted by molar-refractivity contribution is -0.385. The van der Waals surface area contributed by atoms with Gasteiger partial charge in [0, 0.05) is 17.8 Å². The maximum absolute atomic E-state index is 14.3. The van der Waals surface area contributed by atoms with Crippen LogP contribution < -0.4 is 5.32 Å². The van der Waals surface area contributed by atoms with Crippen molar-refractivity contribution in [3.8, 4) is 0 Å². The zero-order valence-corrected chi connectivity index (χ0v) is 15.0. The van der Waals surface area contributed by atoms with Crippen molar-refractivity contribution in [3.63, 3.8) is 0 Å². The van der Waals surface area contributed by atoms with Crippen LogP contribution in [0.5, 0.6) is 0 Å². The standard InChI is InChI=1S/C20H12F4N3O3/c21-16-5-2-10-25-18(16)17(12-6-8-14(9-7-12)20(22,23)24)26-19(28)13-3-1-4-15(11-13)27(29)30/h1-3,5-11,17H,(H,26,28)/t17-/m0/s1. The third-order valence-corrected chi connectivity index (χ3v) is 4.15. The van der Waals surface area contributed by atoms with Gasteiger partial charge in [-0.1, -0.05) is 12.1 Å². The molecule has 153 valence electrons. The Hall–Kier alpha value is -3.82. The SMILES string of the molecule is O=C(N[C@@H](c1ccc(C(F)(F)F)cc1)c1ncccc1F)c1cc[c]c([N+](=O)[O-])c1. The van der Waals surface area contributed by atoms with Gasteiger partial charge in [0.15, 0.2) is 0 Å². The van der Waals surface area contributed by atoms with E-state index in [0.717, 1.165) is 36.4 Å². The third-order valence-electron chi connectivity index (χ3n) is 4.15. The van der Waals surface area contributed by atoms with E-state index in [1.165, 1.54) is 24.4 Å². The van der Waals surface area contributed by atoms with Crippen LogP contribution in [-0.4, -0.2) is 15.8 Å². The van der Waals surface area contributed by atoms with E-state index in [1.807, 2.05) is 0 Å². The highest BCUT2D eigenvalue weighted by Crippen LogP contribution is 2.31. The molecule has 0 aliphatic rings. The van der Waals surface area contributed by atoms with Gasteiger partial charge >= 0.3 is 6.18 Å². The topological polar surface area (TPSA) is 85.1 Å². The Balaban J connectivity index is 1.99. The first-order valence-corrected chi connectivity index (χ1v) is 8.41. The molecule has 1 amide bonds. The van der Waals surface area contributed by atoms with E-state index >= 15 is 0 Å². The van der Waals surface area contributed by atoms with Crippen molar-refractivity contribution in [2.24, 2.45) is 0 Å². The Morgan fingerprint density at radius 2 is 1.87 bits per heavy atom. The molecule has 1 aromatic heterocycles. The summed E-state index contributed by atoms with van der Waals surface area (Å²) in [5.41, 5.74) is -1.54. The van der Waals surface area contributed by atoms with E-state index < -0.39 is 40.1 Å². The van der Waals surface area contributed by atoms with E-state index in [0.29, 0.717) is 0 Å². The Kier molecular flexibility index (Phi) is 5.77. The fraction of sp³-hybridized carbons (Fsp3) is 0.100. The largest absolute Gasteiger partial charge is 0.416 e. The Bertz CT molecular complexity index is 1090. The zero-order valence-electron chi connectivity index (χ0n) is 15.0. The van der Waals surface area contributed by atoms with Crippen LogP contribution in [-0.2, 0) is 6.18 Å². The number of hydrogen-bond acceptors (Lipinski definition) is 4. The van der Waals surface area contributed by atoms with Crippen molar-refractivity contribution in [3.05, 3.63) is 105 Å². The minimum Gasteiger partial charge on any atom is -0.339 e. The first kappa shape index (κ1) is 20.9. The number of carbonyl (C=O) groups is 1. The number of alkyl halides is 3. The van der Waals surface area contributed by atoms with Crippen LogP contribution in [0.25, 0.3) is 0 Å². The molecule has 3 aromatic rings. The van der Waals surface area contributed by atoms with E-state index in [2.05, 4.69) is 16.4 Å². The Labute approximate surface area is 167 Å². The number of nitrogens with zero attached hydrogens (tertiary/aromatic N) is 2. The summed E-state index contributed by atoms with van der Waals surface area (Å²) in [7, 11) is 0. The number of benzene rings is 2. The molecular formula is C20H12F4N3O3.